The molecule has 0 aliphatic carbocycles. The zero-order valence-corrected chi connectivity index (χ0v) is 7.58. The van der Waals surface area contributed by atoms with Crippen LogP contribution in [0.2, 0.25) is 0 Å². The maximum absolute atomic E-state index is 12.3. The average molecular weight is 217 g/mol. The summed E-state index contributed by atoms with van der Waals surface area (Å²) in [5.41, 5.74) is 0.462. The van der Waals surface area contributed by atoms with Crippen molar-refractivity contribution in [3.63, 3.8) is 0 Å². The maximum Gasteiger partial charge on any atom is 0.453 e. The third-order valence-corrected chi connectivity index (χ3v) is 1.88. The van der Waals surface area contributed by atoms with Gasteiger partial charge in [-0.25, -0.2) is 9.97 Å². The van der Waals surface area contributed by atoms with Gasteiger partial charge in [0, 0.05) is 6.20 Å². The second kappa shape index (κ2) is 2.85. The molecule has 2 aromatic heterocycles. The lowest BCUT2D eigenvalue weighted by molar-refractivity contribution is -0.153. The number of nitrogens with zero attached hydrogens (tertiary/aromatic N) is 3. The number of alkyl halides is 3. The first-order valence-corrected chi connectivity index (χ1v) is 4.01. The standard InChI is InChI=1S/C8H6F3N3O/c1-4-2-5-6(12-3-4)13-7(14(5)15)8(9,10)11/h2-3,15H,1H3. The maximum atomic E-state index is 12.3. The zero-order valence-electron chi connectivity index (χ0n) is 7.58. The van der Waals surface area contributed by atoms with Gasteiger partial charge < -0.3 is 5.21 Å². The van der Waals surface area contributed by atoms with Crippen LogP contribution in [0.25, 0.3) is 11.2 Å². The number of rotatable bonds is 0. The minimum absolute atomic E-state index is 0.00926. The Balaban J connectivity index is 2.76. The number of fused-ring (bicyclic) bond motifs is 1. The molecule has 0 amide bonds. The molecule has 80 valence electrons. The predicted octanol–water partition coefficient (Wildman–Crippen LogP) is 2.00. The fourth-order valence-electron chi connectivity index (χ4n) is 1.23. The Kier molecular flexibility index (Phi) is 1.85. The predicted molar refractivity (Wildman–Crippen MR) is 44.5 cm³/mol. The fourth-order valence-corrected chi connectivity index (χ4v) is 1.23. The van der Waals surface area contributed by atoms with E-state index in [-0.39, 0.29) is 15.9 Å². The van der Waals surface area contributed by atoms with E-state index >= 15 is 0 Å². The molecule has 0 aromatic carbocycles. The molecule has 0 radical (unpaired) electrons. The first kappa shape index (κ1) is 9.75. The number of aryl methyl sites for hydroxylation is 1. The molecule has 15 heavy (non-hydrogen) atoms. The molecule has 1 N–H and O–H groups in total. The van der Waals surface area contributed by atoms with Crippen LogP contribution < -0.4 is 0 Å². The first-order chi connectivity index (χ1) is 6.89. The van der Waals surface area contributed by atoms with Crippen molar-refractivity contribution in [2.45, 2.75) is 13.1 Å². The summed E-state index contributed by atoms with van der Waals surface area (Å²) >= 11 is 0. The summed E-state index contributed by atoms with van der Waals surface area (Å²) in [4.78, 5) is 6.89. The first-order valence-electron chi connectivity index (χ1n) is 4.01. The summed E-state index contributed by atoms with van der Waals surface area (Å²) in [7, 11) is 0. The Hall–Kier alpha value is -1.79. The van der Waals surface area contributed by atoms with Gasteiger partial charge in [-0.05, 0) is 18.6 Å². The fraction of sp³-hybridized carbons (Fsp3) is 0.250. The minimum Gasteiger partial charge on any atom is -0.426 e. The molecule has 0 aliphatic heterocycles. The molecular weight excluding hydrogens is 211 g/mol. The van der Waals surface area contributed by atoms with Crippen molar-refractivity contribution in [2.75, 3.05) is 0 Å². The third-order valence-electron chi connectivity index (χ3n) is 1.88. The van der Waals surface area contributed by atoms with Crippen LogP contribution in [0.1, 0.15) is 11.4 Å². The lowest BCUT2D eigenvalue weighted by Gasteiger charge is -2.03. The molecule has 0 bridgehead atoms. The summed E-state index contributed by atoms with van der Waals surface area (Å²) in [6.07, 6.45) is -3.31. The number of imidazole rings is 1. The van der Waals surface area contributed by atoms with E-state index in [0.717, 1.165) is 0 Å². The Bertz CT molecular complexity index is 518. The van der Waals surface area contributed by atoms with E-state index in [2.05, 4.69) is 9.97 Å². The Morgan fingerprint density at radius 1 is 1.40 bits per heavy atom. The Morgan fingerprint density at radius 3 is 2.67 bits per heavy atom. The normalized spacial score (nSPS) is 12.3. The molecule has 0 saturated carbocycles. The van der Waals surface area contributed by atoms with Gasteiger partial charge in [-0.1, -0.05) is 0 Å². The number of hydrogen-bond acceptors (Lipinski definition) is 3. The van der Waals surface area contributed by atoms with Crippen LogP contribution in [-0.4, -0.2) is 19.9 Å². The highest BCUT2D eigenvalue weighted by molar-refractivity contribution is 5.71. The number of hydrogen-bond donors (Lipinski definition) is 1. The van der Waals surface area contributed by atoms with E-state index in [1.807, 2.05) is 0 Å². The number of pyridine rings is 1. The topological polar surface area (TPSA) is 50.9 Å². The molecule has 0 saturated heterocycles. The van der Waals surface area contributed by atoms with Crippen LogP contribution in [0, 0.1) is 6.92 Å². The van der Waals surface area contributed by atoms with Crippen LogP contribution >= 0.6 is 0 Å². The van der Waals surface area contributed by atoms with Crippen molar-refractivity contribution in [1.82, 2.24) is 14.7 Å². The number of halogens is 3. The van der Waals surface area contributed by atoms with E-state index in [4.69, 9.17) is 0 Å². The van der Waals surface area contributed by atoms with Crippen molar-refractivity contribution in [2.24, 2.45) is 0 Å². The Labute approximate surface area is 81.9 Å². The summed E-state index contributed by atoms with van der Waals surface area (Å²) in [6.45, 7) is 1.66. The second-order valence-electron chi connectivity index (χ2n) is 3.10. The lowest BCUT2D eigenvalue weighted by atomic mass is 10.3. The van der Waals surface area contributed by atoms with Crippen molar-refractivity contribution in [3.05, 3.63) is 23.7 Å². The van der Waals surface area contributed by atoms with Crippen molar-refractivity contribution >= 4 is 11.2 Å². The monoisotopic (exact) mass is 217 g/mol. The molecule has 0 unspecified atom stereocenters. The summed E-state index contributed by atoms with van der Waals surface area (Å²) in [6, 6.07) is 1.38. The quantitative estimate of drug-likeness (QED) is 0.686. The van der Waals surface area contributed by atoms with Gasteiger partial charge in [-0.15, -0.1) is 0 Å². The molecular formula is C8H6F3N3O. The van der Waals surface area contributed by atoms with Gasteiger partial charge in [0.25, 0.3) is 5.82 Å². The van der Waals surface area contributed by atoms with Gasteiger partial charge in [-0.2, -0.15) is 17.9 Å². The average Bonchev–Trinajstić information content (AvgIpc) is 2.43. The highest BCUT2D eigenvalue weighted by Gasteiger charge is 2.38. The highest BCUT2D eigenvalue weighted by atomic mass is 19.4. The van der Waals surface area contributed by atoms with Crippen LogP contribution in [0.15, 0.2) is 12.3 Å². The van der Waals surface area contributed by atoms with E-state index in [0.29, 0.717) is 5.56 Å². The van der Waals surface area contributed by atoms with E-state index in [1.165, 1.54) is 12.3 Å². The third kappa shape index (κ3) is 1.49. The van der Waals surface area contributed by atoms with Gasteiger partial charge >= 0.3 is 6.18 Å². The van der Waals surface area contributed by atoms with Crippen LogP contribution in [0.5, 0.6) is 0 Å². The largest absolute Gasteiger partial charge is 0.453 e. The summed E-state index contributed by atoms with van der Waals surface area (Å²) < 4.78 is 37.0. The molecule has 4 nitrogen and oxygen atoms in total. The molecule has 2 heterocycles. The number of aromatic nitrogens is 3. The van der Waals surface area contributed by atoms with Crippen LogP contribution in [-0.2, 0) is 6.18 Å². The zero-order chi connectivity index (χ0) is 11.2. The minimum atomic E-state index is -4.69. The molecule has 0 spiro atoms. The van der Waals surface area contributed by atoms with E-state index in [1.54, 1.807) is 6.92 Å². The molecule has 2 aromatic rings. The van der Waals surface area contributed by atoms with Crippen molar-refractivity contribution in [1.29, 1.82) is 0 Å². The molecule has 0 aliphatic rings. The van der Waals surface area contributed by atoms with E-state index in [9.17, 15) is 18.4 Å². The molecule has 0 fully saturated rings. The smallest absolute Gasteiger partial charge is 0.426 e. The van der Waals surface area contributed by atoms with Gasteiger partial charge in [0.2, 0.25) is 0 Å². The molecule has 7 heteroatoms. The van der Waals surface area contributed by atoms with Crippen molar-refractivity contribution in [3.8, 4) is 0 Å². The second-order valence-corrected chi connectivity index (χ2v) is 3.10. The SMILES string of the molecule is Cc1cnc2nc(C(F)(F)F)n(O)c2c1. The highest BCUT2D eigenvalue weighted by Crippen LogP contribution is 2.29. The summed E-state index contributed by atoms with van der Waals surface area (Å²) in [5.74, 6) is -1.37. The summed E-state index contributed by atoms with van der Waals surface area (Å²) in [5, 5.41) is 9.24. The van der Waals surface area contributed by atoms with Crippen LogP contribution in [0.3, 0.4) is 0 Å². The van der Waals surface area contributed by atoms with Crippen molar-refractivity contribution < 1.29 is 18.4 Å². The lowest BCUT2D eigenvalue weighted by Crippen LogP contribution is -2.13. The van der Waals surface area contributed by atoms with Gasteiger partial charge in [0.1, 0.15) is 5.52 Å². The van der Waals surface area contributed by atoms with Gasteiger partial charge in [-0.3, -0.25) is 0 Å². The van der Waals surface area contributed by atoms with E-state index < -0.39 is 12.0 Å². The van der Waals surface area contributed by atoms with Crippen LogP contribution in [0.4, 0.5) is 13.2 Å². The molecule has 0 atom stereocenters. The molecule has 2 rings (SSSR count). The Morgan fingerprint density at radius 2 is 2.07 bits per heavy atom. The van der Waals surface area contributed by atoms with Gasteiger partial charge in [0.05, 0.1) is 0 Å². The van der Waals surface area contributed by atoms with Gasteiger partial charge in [0.15, 0.2) is 5.65 Å².